The largest absolute Gasteiger partial charge is 0.534 e. The molecule has 19 heteroatoms. The number of halogens is 6. The summed E-state index contributed by atoms with van der Waals surface area (Å²) in [4.78, 5) is 38.2. The molecule has 1 aliphatic rings. The summed E-state index contributed by atoms with van der Waals surface area (Å²) in [7, 11) is -3.61. The van der Waals surface area contributed by atoms with Crippen LogP contribution in [0.2, 0.25) is 0 Å². The van der Waals surface area contributed by atoms with Crippen LogP contribution in [0.4, 0.5) is 23.7 Å². The molecule has 0 bridgehead atoms. The molecule has 0 fully saturated rings. The molecule has 1 aromatic carbocycles. The molecule has 2 rings (SSSR count). The Bertz CT molecular complexity index is 1250. The number of nitrogens with one attached hydrogen (secondary N) is 1. The number of alkyl halides is 6. The van der Waals surface area contributed by atoms with Gasteiger partial charge in [-0.1, -0.05) is 34.8 Å². The Morgan fingerprint density at radius 1 is 1.13 bits per heavy atom. The maximum Gasteiger partial charge on any atom is 0.534 e. The zero-order valence-corrected chi connectivity index (χ0v) is 23.2. The lowest BCUT2D eigenvalue weighted by molar-refractivity contribution is -0.132. The topological polar surface area (TPSA) is 147 Å². The van der Waals surface area contributed by atoms with E-state index in [1.165, 1.54) is 14.2 Å². The normalized spacial score (nSPS) is 15.9. The van der Waals surface area contributed by atoms with Gasteiger partial charge in [0.15, 0.2) is 11.5 Å². The van der Waals surface area contributed by atoms with Gasteiger partial charge in [0.05, 0.1) is 31.0 Å². The minimum absolute atomic E-state index is 0.156. The molecule has 1 N–H and O–H groups in total. The zero-order chi connectivity index (χ0) is 29.8. The lowest BCUT2D eigenvalue weighted by Gasteiger charge is -2.24. The third-order valence-electron chi connectivity index (χ3n) is 4.60. The Kier molecular flexibility index (Phi) is 10.6. The molecule has 0 unspecified atom stereocenters. The van der Waals surface area contributed by atoms with Crippen LogP contribution in [0.1, 0.15) is 23.7 Å². The molecule has 0 spiro atoms. The third kappa shape index (κ3) is 8.93. The molecule has 39 heavy (non-hydrogen) atoms. The Morgan fingerprint density at radius 2 is 1.77 bits per heavy atom. The van der Waals surface area contributed by atoms with E-state index < -0.39 is 62.2 Å². The first kappa shape index (κ1) is 32.6. The van der Waals surface area contributed by atoms with E-state index in [2.05, 4.69) is 9.50 Å². The van der Waals surface area contributed by atoms with Crippen LogP contribution < -0.4 is 14.8 Å². The van der Waals surface area contributed by atoms with Gasteiger partial charge in [-0.3, -0.25) is 14.9 Å². The summed E-state index contributed by atoms with van der Waals surface area (Å²) in [5, 5.41) is 2.21. The number of rotatable bonds is 9. The highest BCUT2D eigenvalue weighted by Crippen LogP contribution is 2.37. The predicted octanol–water partition coefficient (Wildman–Crippen LogP) is 4.11. The maximum atomic E-state index is 13.5. The van der Waals surface area contributed by atoms with Gasteiger partial charge in [-0.15, -0.1) is 0 Å². The Morgan fingerprint density at radius 3 is 2.28 bits per heavy atom. The average molecular weight is 644 g/mol. The van der Waals surface area contributed by atoms with Crippen LogP contribution in [-0.4, -0.2) is 74.1 Å². The first-order chi connectivity index (χ1) is 17.9. The van der Waals surface area contributed by atoms with E-state index in [0.717, 1.165) is 30.2 Å². The minimum atomic E-state index is -6.03. The van der Waals surface area contributed by atoms with E-state index in [9.17, 15) is 36.0 Å². The van der Waals surface area contributed by atoms with Gasteiger partial charge in [0.1, 0.15) is 12.4 Å². The summed E-state index contributed by atoms with van der Waals surface area (Å²) in [6.45, 7) is 0.124. The van der Waals surface area contributed by atoms with E-state index in [1.54, 1.807) is 0 Å². The molecule has 2 amide bonds. The van der Waals surface area contributed by atoms with Crippen molar-refractivity contribution in [1.29, 1.82) is 0 Å². The van der Waals surface area contributed by atoms with Gasteiger partial charge in [0.2, 0.25) is 3.79 Å². The van der Waals surface area contributed by atoms with E-state index in [-0.39, 0.29) is 29.4 Å². The van der Waals surface area contributed by atoms with E-state index in [0.29, 0.717) is 0 Å². The fraction of sp³-hybridized carbons (Fsp3) is 0.450. The fourth-order valence-electron chi connectivity index (χ4n) is 3.11. The van der Waals surface area contributed by atoms with Gasteiger partial charge in [0, 0.05) is 32.7 Å². The number of carbonyl (C=O) groups is 3. The van der Waals surface area contributed by atoms with Crippen LogP contribution in [0.25, 0.3) is 0 Å². The maximum absolute atomic E-state index is 13.5. The van der Waals surface area contributed by atoms with Crippen LogP contribution in [0.15, 0.2) is 24.1 Å². The molecule has 12 nitrogen and oxygen atoms in total. The van der Waals surface area contributed by atoms with Gasteiger partial charge < -0.3 is 28.0 Å². The van der Waals surface area contributed by atoms with Crippen LogP contribution in [0.5, 0.6) is 11.5 Å². The van der Waals surface area contributed by atoms with Crippen molar-refractivity contribution in [2.24, 2.45) is 0 Å². The lowest BCUT2D eigenvalue weighted by Crippen LogP contribution is -2.36. The van der Waals surface area contributed by atoms with Gasteiger partial charge in [-0.2, -0.15) is 21.6 Å². The second-order valence-electron chi connectivity index (χ2n) is 7.56. The van der Waals surface area contributed by atoms with E-state index >= 15 is 0 Å². The molecule has 218 valence electrons. The van der Waals surface area contributed by atoms with Gasteiger partial charge >= 0.3 is 27.7 Å². The second kappa shape index (κ2) is 12.7. The molecule has 1 aliphatic heterocycles. The van der Waals surface area contributed by atoms with Crippen LogP contribution in [0, 0.1) is 0 Å². The van der Waals surface area contributed by atoms with Gasteiger partial charge in [0.25, 0.3) is 5.91 Å². The average Bonchev–Trinajstić information content (AvgIpc) is 3.17. The number of methoxy groups -OCH3 is 2. The zero-order valence-electron chi connectivity index (χ0n) is 20.1. The second-order valence-corrected chi connectivity index (χ2v) is 11.6. The Balaban J connectivity index is 2.54. The predicted molar refractivity (Wildman–Crippen MR) is 130 cm³/mol. The number of hydrogen-bond acceptors (Lipinski definition) is 10. The molecule has 0 saturated heterocycles. The number of ether oxygens (including phenoxy) is 4. The SMILES string of the molecule is COC[C@@H]1CC(OS(=O)(=O)C(F)(F)F)=CN1C(=O)c1cc(OC)c(OC(C)=O)cc1NC(=O)OCC(Cl)(Cl)Cl. The molecule has 0 radical (unpaired) electrons. The molecule has 1 heterocycles. The smallest absolute Gasteiger partial charge is 0.493 e. The number of nitrogens with zero attached hydrogens (tertiary/aromatic N) is 1. The highest BCUT2D eigenvalue weighted by Gasteiger charge is 2.49. The summed E-state index contributed by atoms with van der Waals surface area (Å²) < 4.78 is 83.5. The summed E-state index contributed by atoms with van der Waals surface area (Å²) in [5.41, 5.74) is -6.40. The quantitative estimate of drug-likeness (QED) is 0.137. The number of hydrogen-bond donors (Lipinski definition) is 1. The monoisotopic (exact) mass is 642 g/mol. The van der Waals surface area contributed by atoms with Gasteiger partial charge in [-0.25, -0.2) is 4.79 Å². The first-order valence-electron chi connectivity index (χ1n) is 10.3. The highest BCUT2D eigenvalue weighted by molar-refractivity contribution is 7.87. The fourth-order valence-corrected chi connectivity index (χ4v) is 3.76. The van der Waals surface area contributed by atoms with Crippen LogP contribution >= 0.6 is 34.8 Å². The standard InChI is InChI=1S/C20H20Cl3F3N2O10S/c1-10(29)37-16-6-14(27-18(31)36-9-19(21,22)23)13(5-15(16)35-3)17(30)28-7-12(4-11(28)8-34-2)38-39(32,33)20(24,25)26/h5-7,11H,4,8-9H2,1-3H3,(H,27,31)/t11-/m0/s1. The van der Waals surface area contributed by atoms with E-state index in [1.807, 2.05) is 0 Å². The summed E-state index contributed by atoms with van der Waals surface area (Å²) >= 11 is 16.7. The molecule has 1 atom stereocenters. The molecule has 0 aliphatic carbocycles. The Labute approximate surface area is 234 Å². The molecular weight excluding hydrogens is 624 g/mol. The molecular formula is C20H20Cl3F3N2O10S. The third-order valence-corrected chi connectivity index (χ3v) is 5.93. The summed E-state index contributed by atoms with van der Waals surface area (Å²) in [6, 6.07) is 1.05. The number of benzene rings is 1. The van der Waals surface area contributed by atoms with Crippen molar-refractivity contribution < 1.29 is 59.1 Å². The lowest BCUT2D eigenvalue weighted by atomic mass is 10.1. The number of amides is 2. The summed E-state index contributed by atoms with van der Waals surface area (Å²) in [5.74, 6) is -2.86. The molecule has 0 aromatic heterocycles. The van der Waals surface area contributed by atoms with Crippen LogP contribution in [0.3, 0.4) is 0 Å². The van der Waals surface area contributed by atoms with Crippen molar-refractivity contribution in [3.8, 4) is 11.5 Å². The van der Waals surface area contributed by atoms with Crippen molar-refractivity contribution in [2.75, 3.05) is 32.8 Å². The van der Waals surface area contributed by atoms with Crippen molar-refractivity contribution >= 4 is 68.6 Å². The van der Waals surface area contributed by atoms with Crippen molar-refractivity contribution in [3.05, 3.63) is 29.7 Å². The van der Waals surface area contributed by atoms with Crippen LogP contribution in [-0.2, 0) is 28.6 Å². The first-order valence-corrected chi connectivity index (χ1v) is 12.9. The van der Waals surface area contributed by atoms with Crippen molar-refractivity contribution in [1.82, 2.24) is 4.90 Å². The van der Waals surface area contributed by atoms with Crippen molar-refractivity contribution in [2.45, 2.75) is 28.7 Å². The Hall–Kier alpha value is -2.66. The minimum Gasteiger partial charge on any atom is -0.493 e. The summed E-state index contributed by atoms with van der Waals surface area (Å²) in [6.07, 6.45) is -0.932. The van der Waals surface area contributed by atoms with Gasteiger partial charge in [-0.05, 0) is 6.07 Å². The highest BCUT2D eigenvalue weighted by atomic mass is 35.6. The number of esters is 1. The van der Waals surface area contributed by atoms with E-state index in [4.69, 9.17) is 53.8 Å². The number of carbonyl (C=O) groups excluding carboxylic acids is 3. The van der Waals surface area contributed by atoms with Crippen molar-refractivity contribution in [3.63, 3.8) is 0 Å². The molecule has 1 aromatic rings. The molecule has 0 saturated carbocycles. The number of anilines is 1.